The number of ether oxygens (including phenoxy) is 5. The minimum Gasteiger partial charge on any atom is -0.504 e. The van der Waals surface area contributed by atoms with E-state index in [4.69, 9.17) is 28.1 Å². The summed E-state index contributed by atoms with van der Waals surface area (Å²) in [6.45, 7) is 0. The largest absolute Gasteiger partial charge is 0.504 e. The van der Waals surface area contributed by atoms with E-state index in [-0.39, 0.29) is 51.0 Å². The third-order valence-corrected chi connectivity index (χ3v) is 4.43. The summed E-state index contributed by atoms with van der Waals surface area (Å²) < 4.78 is 31.8. The standard InChI is InChI=1S/C20H20O9/c1-24-10-7-6-9(14(21)18(10)26-3)17-20(28-5)16(23)13-11(29-17)8-12(25-2)19(27-4)15(13)22/h6-8,21-22H,1-5H3. The average Bonchev–Trinajstić information content (AvgIpc) is 2.72. The van der Waals surface area contributed by atoms with Gasteiger partial charge in [0.25, 0.3) is 0 Å². The van der Waals surface area contributed by atoms with Crippen molar-refractivity contribution in [3.8, 4) is 51.6 Å². The van der Waals surface area contributed by atoms with E-state index < -0.39 is 11.2 Å². The van der Waals surface area contributed by atoms with Crippen LogP contribution in [0.25, 0.3) is 22.3 Å². The van der Waals surface area contributed by atoms with Crippen molar-refractivity contribution < 1.29 is 38.3 Å². The van der Waals surface area contributed by atoms with Gasteiger partial charge in [0, 0.05) is 6.07 Å². The first-order valence-electron chi connectivity index (χ1n) is 8.36. The highest BCUT2D eigenvalue weighted by Crippen LogP contribution is 2.48. The van der Waals surface area contributed by atoms with Crippen LogP contribution in [0.1, 0.15) is 0 Å². The van der Waals surface area contributed by atoms with Crippen LogP contribution in [0.3, 0.4) is 0 Å². The molecule has 0 fully saturated rings. The Kier molecular flexibility index (Phi) is 5.31. The van der Waals surface area contributed by atoms with Gasteiger partial charge < -0.3 is 38.3 Å². The molecule has 29 heavy (non-hydrogen) atoms. The molecule has 0 atom stereocenters. The number of phenols is 2. The number of methoxy groups -OCH3 is 5. The van der Waals surface area contributed by atoms with Crippen LogP contribution in [0.2, 0.25) is 0 Å². The van der Waals surface area contributed by atoms with Gasteiger partial charge in [0.05, 0.1) is 41.1 Å². The van der Waals surface area contributed by atoms with Gasteiger partial charge in [-0.3, -0.25) is 4.79 Å². The van der Waals surface area contributed by atoms with E-state index in [1.807, 2.05) is 0 Å². The van der Waals surface area contributed by atoms with E-state index in [9.17, 15) is 15.0 Å². The Labute approximate surface area is 165 Å². The van der Waals surface area contributed by atoms with E-state index in [2.05, 4.69) is 0 Å². The molecule has 3 rings (SSSR count). The molecule has 3 aromatic rings. The van der Waals surface area contributed by atoms with Crippen LogP contribution in [-0.2, 0) is 0 Å². The highest BCUT2D eigenvalue weighted by molar-refractivity contribution is 5.92. The minimum absolute atomic E-state index is 0.00938. The molecular formula is C20H20O9. The molecule has 0 bridgehead atoms. The second-order valence-electron chi connectivity index (χ2n) is 5.82. The van der Waals surface area contributed by atoms with Crippen LogP contribution < -0.4 is 29.1 Å². The Balaban J connectivity index is 2.43. The van der Waals surface area contributed by atoms with Crippen molar-refractivity contribution in [1.82, 2.24) is 0 Å². The molecule has 0 aliphatic carbocycles. The number of aromatic hydroxyl groups is 2. The molecule has 0 spiro atoms. The summed E-state index contributed by atoms with van der Waals surface area (Å²) in [5, 5.41) is 21.0. The van der Waals surface area contributed by atoms with Crippen LogP contribution >= 0.6 is 0 Å². The molecule has 2 aromatic carbocycles. The van der Waals surface area contributed by atoms with Gasteiger partial charge in [0.2, 0.25) is 22.7 Å². The zero-order valence-electron chi connectivity index (χ0n) is 16.5. The van der Waals surface area contributed by atoms with Gasteiger partial charge >= 0.3 is 0 Å². The number of hydrogen-bond acceptors (Lipinski definition) is 9. The topological polar surface area (TPSA) is 117 Å². The van der Waals surface area contributed by atoms with Crippen LogP contribution in [0.4, 0.5) is 0 Å². The molecular weight excluding hydrogens is 384 g/mol. The molecule has 0 amide bonds. The number of hydrogen-bond donors (Lipinski definition) is 2. The van der Waals surface area contributed by atoms with E-state index in [1.165, 1.54) is 47.7 Å². The predicted molar refractivity (Wildman–Crippen MR) is 104 cm³/mol. The summed E-state index contributed by atoms with van der Waals surface area (Å²) >= 11 is 0. The summed E-state index contributed by atoms with van der Waals surface area (Å²) in [4.78, 5) is 13.1. The zero-order valence-corrected chi connectivity index (χ0v) is 16.5. The molecule has 2 N–H and O–H groups in total. The summed E-state index contributed by atoms with van der Waals surface area (Å²) in [5.41, 5.74) is -0.515. The lowest BCUT2D eigenvalue weighted by Crippen LogP contribution is -2.09. The quantitative estimate of drug-likeness (QED) is 0.639. The minimum atomic E-state index is -0.656. The summed E-state index contributed by atoms with van der Waals surface area (Å²) in [5.74, 6) is -0.541. The molecule has 1 heterocycles. The van der Waals surface area contributed by atoms with Crippen LogP contribution in [0.5, 0.6) is 40.2 Å². The number of benzene rings is 2. The van der Waals surface area contributed by atoms with Crippen molar-refractivity contribution in [2.24, 2.45) is 0 Å². The van der Waals surface area contributed by atoms with Crippen LogP contribution in [0, 0.1) is 0 Å². The number of rotatable bonds is 6. The average molecular weight is 404 g/mol. The molecule has 0 saturated heterocycles. The van der Waals surface area contributed by atoms with E-state index in [0.717, 1.165) is 0 Å². The maximum Gasteiger partial charge on any atom is 0.239 e. The SMILES string of the molecule is COc1ccc(-c2oc3cc(OC)c(OC)c(O)c3c(=O)c2OC)c(O)c1OC. The molecule has 0 aliphatic rings. The molecule has 0 saturated carbocycles. The maximum absolute atomic E-state index is 13.1. The van der Waals surface area contributed by atoms with E-state index in [0.29, 0.717) is 5.75 Å². The first-order valence-corrected chi connectivity index (χ1v) is 8.36. The fourth-order valence-electron chi connectivity index (χ4n) is 3.08. The van der Waals surface area contributed by atoms with Gasteiger partial charge in [-0.25, -0.2) is 0 Å². The third kappa shape index (κ3) is 3.00. The maximum atomic E-state index is 13.1. The highest BCUT2D eigenvalue weighted by atomic mass is 16.5. The molecule has 9 heteroatoms. The summed E-state index contributed by atoms with van der Waals surface area (Å²) in [7, 11) is 6.78. The van der Waals surface area contributed by atoms with Crippen LogP contribution in [0.15, 0.2) is 27.4 Å². The number of fused-ring (bicyclic) bond motifs is 1. The Hall–Kier alpha value is -3.75. The Morgan fingerprint density at radius 3 is 1.90 bits per heavy atom. The Morgan fingerprint density at radius 2 is 1.34 bits per heavy atom. The highest BCUT2D eigenvalue weighted by Gasteiger charge is 2.26. The monoisotopic (exact) mass is 404 g/mol. The first kappa shape index (κ1) is 20.0. The lowest BCUT2D eigenvalue weighted by atomic mass is 10.1. The smallest absolute Gasteiger partial charge is 0.239 e. The summed E-state index contributed by atoms with van der Waals surface area (Å²) in [6.07, 6.45) is 0. The zero-order chi connectivity index (χ0) is 21.3. The van der Waals surface area contributed by atoms with Crippen molar-refractivity contribution in [3.63, 3.8) is 0 Å². The van der Waals surface area contributed by atoms with Crippen molar-refractivity contribution >= 4 is 11.0 Å². The summed E-state index contributed by atoms with van der Waals surface area (Å²) in [6, 6.07) is 4.43. The van der Waals surface area contributed by atoms with Gasteiger partial charge in [0.15, 0.2) is 28.8 Å². The van der Waals surface area contributed by atoms with E-state index in [1.54, 1.807) is 6.07 Å². The second-order valence-corrected chi connectivity index (χ2v) is 5.82. The molecule has 154 valence electrons. The lowest BCUT2D eigenvalue weighted by Gasteiger charge is -2.16. The van der Waals surface area contributed by atoms with Crippen LogP contribution in [-0.4, -0.2) is 45.8 Å². The van der Waals surface area contributed by atoms with Gasteiger partial charge in [-0.05, 0) is 12.1 Å². The predicted octanol–water partition coefficient (Wildman–Crippen LogP) is 2.91. The third-order valence-electron chi connectivity index (χ3n) is 4.43. The van der Waals surface area contributed by atoms with Crippen molar-refractivity contribution in [2.45, 2.75) is 0 Å². The molecule has 1 aromatic heterocycles. The lowest BCUT2D eigenvalue weighted by molar-refractivity contribution is 0.332. The van der Waals surface area contributed by atoms with Crippen molar-refractivity contribution in [2.75, 3.05) is 35.5 Å². The fourth-order valence-corrected chi connectivity index (χ4v) is 3.08. The fraction of sp³-hybridized carbons (Fsp3) is 0.250. The molecule has 0 aliphatic heterocycles. The normalized spacial score (nSPS) is 10.7. The van der Waals surface area contributed by atoms with Crippen molar-refractivity contribution in [3.05, 3.63) is 28.4 Å². The number of phenolic OH excluding ortho intramolecular Hbond substituents is 2. The molecule has 0 unspecified atom stereocenters. The second kappa shape index (κ2) is 7.70. The molecule has 9 nitrogen and oxygen atoms in total. The molecule has 0 radical (unpaired) electrons. The van der Waals surface area contributed by atoms with E-state index >= 15 is 0 Å². The van der Waals surface area contributed by atoms with Crippen molar-refractivity contribution in [1.29, 1.82) is 0 Å². The Morgan fingerprint density at radius 1 is 0.759 bits per heavy atom. The first-order chi connectivity index (χ1) is 13.9. The van der Waals surface area contributed by atoms with Gasteiger partial charge in [-0.1, -0.05) is 0 Å². The van der Waals surface area contributed by atoms with Gasteiger partial charge in [0.1, 0.15) is 11.0 Å². The van der Waals surface area contributed by atoms with Gasteiger partial charge in [-0.2, -0.15) is 0 Å². The Bertz CT molecular complexity index is 1130. The van der Waals surface area contributed by atoms with Gasteiger partial charge in [-0.15, -0.1) is 0 Å².